The lowest BCUT2D eigenvalue weighted by molar-refractivity contribution is 0.0600. The Kier molecular flexibility index (Phi) is 3.88. The van der Waals surface area contributed by atoms with Gasteiger partial charge in [-0.3, -0.25) is 0 Å². The normalized spacial score (nSPS) is 11.2. The summed E-state index contributed by atoms with van der Waals surface area (Å²) in [7, 11) is 1.30. The largest absolute Gasteiger partial charge is 0.465 e. The second-order valence-corrected chi connectivity index (χ2v) is 5.89. The molecule has 0 unspecified atom stereocenters. The maximum absolute atomic E-state index is 14.1. The summed E-state index contributed by atoms with van der Waals surface area (Å²) >= 11 is 0. The first kappa shape index (κ1) is 16.2. The van der Waals surface area contributed by atoms with Crippen molar-refractivity contribution >= 4 is 27.9 Å². The van der Waals surface area contributed by atoms with Crippen molar-refractivity contribution in [3.8, 4) is 0 Å². The summed E-state index contributed by atoms with van der Waals surface area (Å²) in [6.45, 7) is -0.00685. The summed E-state index contributed by atoms with van der Waals surface area (Å²) in [6.07, 6.45) is 1.40. The van der Waals surface area contributed by atoms with Crippen LogP contribution < -0.4 is 0 Å². The van der Waals surface area contributed by atoms with Crippen LogP contribution in [0.4, 0.5) is 8.78 Å². The van der Waals surface area contributed by atoms with Crippen molar-refractivity contribution in [2.45, 2.75) is 6.54 Å². The number of halogens is 2. The van der Waals surface area contributed by atoms with Gasteiger partial charge in [0.05, 0.1) is 24.7 Å². The minimum atomic E-state index is -0.609. The summed E-state index contributed by atoms with van der Waals surface area (Å²) in [5.74, 6) is -1.71. The van der Waals surface area contributed by atoms with E-state index in [1.54, 1.807) is 10.6 Å². The molecule has 0 atom stereocenters. The molecular formula is C20H14F2N2O2. The zero-order chi connectivity index (χ0) is 18.3. The van der Waals surface area contributed by atoms with E-state index in [9.17, 15) is 13.6 Å². The van der Waals surface area contributed by atoms with E-state index < -0.39 is 17.6 Å². The minimum absolute atomic E-state index is 0.00685. The molecule has 0 saturated carbocycles. The predicted molar refractivity (Wildman–Crippen MR) is 94.0 cm³/mol. The standard InChI is InChI=1S/C20H14F2N2O2/c1-26-20(25)12-9-14-13-5-2-3-8-18(13)24(19(14)23-10-12)11-15-16(21)6-4-7-17(15)22/h2-10H,11H2,1H3. The summed E-state index contributed by atoms with van der Waals surface area (Å²) in [6, 6.07) is 12.9. The molecule has 130 valence electrons. The van der Waals surface area contributed by atoms with Crippen LogP contribution in [0.5, 0.6) is 0 Å². The van der Waals surface area contributed by atoms with Gasteiger partial charge in [0.1, 0.15) is 17.3 Å². The van der Waals surface area contributed by atoms with E-state index in [4.69, 9.17) is 4.74 Å². The first-order valence-corrected chi connectivity index (χ1v) is 7.98. The Morgan fingerprint density at radius 1 is 1.08 bits per heavy atom. The number of fused-ring (bicyclic) bond motifs is 3. The molecule has 2 aromatic heterocycles. The Morgan fingerprint density at radius 2 is 1.81 bits per heavy atom. The van der Waals surface area contributed by atoms with Gasteiger partial charge in [0.25, 0.3) is 0 Å². The number of ether oxygens (including phenoxy) is 1. The third-order valence-corrected chi connectivity index (χ3v) is 4.41. The summed E-state index contributed by atoms with van der Waals surface area (Å²) < 4.78 is 34.7. The lowest BCUT2D eigenvalue weighted by Crippen LogP contribution is -2.06. The number of nitrogens with zero attached hydrogens (tertiary/aromatic N) is 2. The molecule has 4 aromatic rings. The lowest BCUT2D eigenvalue weighted by atomic mass is 10.1. The minimum Gasteiger partial charge on any atom is -0.465 e. The van der Waals surface area contributed by atoms with E-state index in [-0.39, 0.29) is 12.1 Å². The number of hydrogen-bond donors (Lipinski definition) is 0. The van der Waals surface area contributed by atoms with E-state index in [1.807, 2.05) is 24.3 Å². The fraction of sp³-hybridized carbons (Fsp3) is 0.100. The number of hydrogen-bond acceptors (Lipinski definition) is 3. The van der Waals surface area contributed by atoms with E-state index >= 15 is 0 Å². The van der Waals surface area contributed by atoms with E-state index in [0.29, 0.717) is 11.2 Å². The van der Waals surface area contributed by atoms with Crippen molar-refractivity contribution in [2.75, 3.05) is 7.11 Å². The summed E-state index contributed by atoms with van der Waals surface area (Å²) in [5, 5.41) is 1.57. The molecule has 0 bridgehead atoms. The Balaban J connectivity index is 1.97. The van der Waals surface area contributed by atoms with Crippen molar-refractivity contribution in [3.63, 3.8) is 0 Å². The predicted octanol–water partition coefficient (Wildman–Crippen LogP) is 4.30. The third kappa shape index (κ3) is 2.50. The smallest absolute Gasteiger partial charge is 0.339 e. The molecule has 4 nitrogen and oxygen atoms in total. The van der Waals surface area contributed by atoms with Crippen LogP contribution in [0.3, 0.4) is 0 Å². The van der Waals surface area contributed by atoms with Gasteiger partial charge in [-0.05, 0) is 24.3 Å². The monoisotopic (exact) mass is 352 g/mol. The highest BCUT2D eigenvalue weighted by Crippen LogP contribution is 2.30. The molecule has 0 aliphatic carbocycles. The van der Waals surface area contributed by atoms with E-state index in [2.05, 4.69) is 4.98 Å². The number of esters is 1. The van der Waals surface area contributed by atoms with Crippen molar-refractivity contribution < 1.29 is 18.3 Å². The average molecular weight is 352 g/mol. The highest BCUT2D eigenvalue weighted by Gasteiger charge is 2.17. The van der Waals surface area contributed by atoms with E-state index in [0.717, 1.165) is 16.3 Å². The molecule has 4 rings (SSSR count). The van der Waals surface area contributed by atoms with Crippen LogP contribution in [-0.2, 0) is 11.3 Å². The van der Waals surface area contributed by atoms with Gasteiger partial charge in [-0.1, -0.05) is 24.3 Å². The summed E-state index contributed by atoms with van der Waals surface area (Å²) in [4.78, 5) is 16.2. The van der Waals surface area contributed by atoms with Crippen LogP contribution in [0.25, 0.3) is 21.9 Å². The van der Waals surface area contributed by atoms with Crippen molar-refractivity contribution in [3.05, 3.63) is 77.5 Å². The fourth-order valence-electron chi connectivity index (χ4n) is 3.15. The number of para-hydroxylation sites is 1. The zero-order valence-electron chi connectivity index (χ0n) is 13.9. The molecule has 0 spiro atoms. The number of rotatable bonds is 3. The van der Waals surface area contributed by atoms with Crippen LogP contribution in [0.1, 0.15) is 15.9 Å². The lowest BCUT2D eigenvalue weighted by Gasteiger charge is -2.09. The van der Waals surface area contributed by atoms with Gasteiger partial charge in [-0.15, -0.1) is 0 Å². The number of aromatic nitrogens is 2. The highest BCUT2D eigenvalue weighted by atomic mass is 19.1. The van der Waals surface area contributed by atoms with Gasteiger partial charge in [-0.2, -0.15) is 0 Å². The van der Waals surface area contributed by atoms with Gasteiger partial charge in [0.15, 0.2) is 0 Å². The second-order valence-electron chi connectivity index (χ2n) is 5.89. The molecule has 0 radical (unpaired) electrons. The van der Waals surface area contributed by atoms with Crippen LogP contribution in [0, 0.1) is 11.6 Å². The van der Waals surface area contributed by atoms with Crippen LogP contribution in [0.2, 0.25) is 0 Å². The first-order chi connectivity index (χ1) is 12.6. The molecule has 0 aliphatic heterocycles. The average Bonchev–Trinajstić information content (AvgIpc) is 2.97. The molecule has 0 saturated heterocycles. The van der Waals surface area contributed by atoms with Gasteiger partial charge in [0.2, 0.25) is 0 Å². The molecule has 0 amide bonds. The van der Waals surface area contributed by atoms with Gasteiger partial charge in [0, 0.05) is 22.5 Å². The molecular weight excluding hydrogens is 338 g/mol. The molecule has 0 fully saturated rings. The number of methoxy groups -OCH3 is 1. The van der Waals surface area contributed by atoms with Gasteiger partial charge < -0.3 is 9.30 Å². The zero-order valence-corrected chi connectivity index (χ0v) is 13.9. The quantitative estimate of drug-likeness (QED) is 0.516. The maximum atomic E-state index is 14.1. The molecule has 0 N–H and O–H groups in total. The third-order valence-electron chi connectivity index (χ3n) is 4.41. The second kappa shape index (κ2) is 6.22. The number of pyridine rings is 1. The molecule has 0 aliphatic rings. The molecule has 6 heteroatoms. The van der Waals surface area contributed by atoms with Crippen LogP contribution in [-0.4, -0.2) is 22.6 Å². The van der Waals surface area contributed by atoms with Gasteiger partial charge >= 0.3 is 5.97 Å². The topological polar surface area (TPSA) is 44.1 Å². The van der Waals surface area contributed by atoms with Crippen molar-refractivity contribution in [1.29, 1.82) is 0 Å². The molecule has 2 heterocycles. The first-order valence-electron chi connectivity index (χ1n) is 7.98. The highest BCUT2D eigenvalue weighted by molar-refractivity contribution is 6.08. The maximum Gasteiger partial charge on any atom is 0.339 e. The van der Waals surface area contributed by atoms with Crippen LogP contribution in [0.15, 0.2) is 54.7 Å². The van der Waals surface area contributed by atoms with Crippen molar-refractivity contribution in [1.82, 2.24) is 9.55 Å². The molecule has 2 aromatic carbocycles. The number of carbonyl (C=O) groups is 1. The Labute approximate surface area is 147 Å². The van der Waals surface area contributed by atoms with E-state index in [1.165, 1.54) is 31.5 Å². The Hall–Kier alpha value is -3.28. The summed E-state index contributed by atoms with van der Waals surface area (Å²) in [5.41, 5.74) is 1.61. The number of carbonyl (C=O) groups excluding carboxylic acids is 1. The van der Waals surface area contributed by atoms with Crippen LogP contribution >= 0.6 is 0 Å². The Bertz CT molecular complexity index is 1130. The molecule has 26 heavy (non-hydrogen) atoms. The van der Waals surface area contributed by atoms with Crippen molar-refractivity contribution in [2.24, 2.45) is 0 Å². The SMILES string of the molecule is COC(=O)c1cnc2c(c1)c1ccccc1n2Cc1c(F)cccc1F. The fourth-order valence-corrected chi connectivity index (χ4v) is 3.15. The van der Waals surface area contributed by atoms with Gasteiger partial charge in [-0.25, -0.2) is 18.6 Å². The Morgan fingerprint density at radius 3 is 2.54 bits per heavy atom. The number of benzene rings is 2.